The number of carbonyl (C=O) groups excluding carboxylic acids is 1. The van der Waals surface area contributed by atoms with E-state index in [0.717, 1.165) is 5.39 Å². The lowest BCUT2D eigenvalue weighted by Crippen LogP contribution is -1.99. The van der Waals surface area contributed by atoms with Gasteiger partial charge in [0.2, 0.25) is 5.76 Å². The summed E-state index contributed by atoms with van der Waals surface area (Å²) in [6.45, 7) is 0. The van der Waals surface area contributed by atoms with Crippen LogP contribution in [0.4, 0.5) is 0 Å². The Balaban J connectivity index is 2.68. The number of benzene rings is 1. The van der Waals surface area contributed by atoms with E-state index in [1.807, 2.05) is 18.2 Å². The number of ether oxygens (including phenoxy) is 1. The Labute approximate surface area is 88.8 Å². The van der Waals surface area contributed by atoms with Crippen molar-refractivity contribution in [1.29, 1.82) is 0 Å². The minimum Gasteiger partial charge on any atom is -0.463 e. The predicted molar refractivity (Wildman–Crippen MR) is 55.3 cm³/mol. The summed E-state index contributed by atoms with van der Waals surface area (Å²) in [4.78, 5) is 11.3. The fraction of sp³-hybridized carbons (Fsp3) is 0.100. The molecule has 2 aromatic rings. The van der Waals surface area contributed by atoms with Crippen molar-refractivity contribution in [3.05, 3.63) is 34.5 Å². The van der Waals surface area contributed by atoms with Crippen molar-refractivity contribution in [2.24, 2.45) is 0 Å². The maximum atomic E-state index is 11.3. The third-order valence-corrected chi connectivity index (χ3v) is 2.69. The average Bonchev–Trinajstić information content (AvgIpc) is 2.56. The number of fused-ring (bicyclic) bond motifs is 1. The highest BCUT2D eigenvalue weighted by Gasteiger charge is 2.18. The average molecular weight is 255 g/mol. The summed E-state index contributed by atoms with van der Waals surface area (Å²) in [5.74, 6) is -0.276. The Morgan fingerprint density at radius 2 is 2.14 bits per heavy atom. The SMILES string of the molecule is COC(=O)c1oc2ccccc2c1Br. The van der Waals surface area contributed by atoms with Crippen LogP contribution in [0.1, 0.15) is 10.6 Å². The molecule has 0 atom stereocenters. The van der Waals surface area contributed by atoms with Crippen LogP contribution in [0.25, 0.3) is 11.0 Å². The Bertz CT molecular complexity index is 487. The lowest BCUT2D eigenvalue weighted by atomic mass is 10.2. The van der Waals surface area contributed by atoms with Crippen molar-refractivity contribution < 1.29 is 13.9 Å². The molecule has 4 heteroatoms. The summed E-state index contributed by atoms with van der Waals surface area (Å²) in [5, 5.41) is 0.868. The number of furan rings is 1. The van der Waals surface area contributed by atoms with Crippen LogP contribution in [0.15, 0.2) is 33.2 Å². The minimum atomic E-state index is -0.479. The highest BCUT2D eigenvalue weighted by Crippen LogP contribution is 2.30. The topological polar surface area (TPSA) is 39.4 Å². The van der Waals surface area contributed by atoms with E-state index in [-0.39, 0.29) is 5.76 Å². The van der Waals surface area contributed by atoms with Gasteiger partial charge in [0.05, 0.1) is 11.6 Å². The highest BCUT2D eigenvalue weighted by atomic mass is 79.9. The quantitative estimate of drug-likeness (QED) is 0.735. The number of hydrogen-bond acceptors (Lipinski definition) is 3. The molecule has 0 saturated carbocycles. The first-order valence-electron chi connectivity index (χ1n) is 3.99. The first kappa shape index (κ1) is 9.27. The maximum Gasteiger partial charge on any atom is 0.375 e. The Morgan fingerprint density at radius 3 is 2.79 bits per heavy atom. The molecule has 0 spiro atoms. The summed E-state index contributed by atoms with van der Waals surface area (Å²) in [5.41, 5.74) is 0.666. The number of methoxy groups -OCH3 is 1. The molecular weight excluding hydrogens is 248 g/mol. The van der Waals surface area contributed by atoms with E-state index >= 15 is 0 Å². The Kier molecular flexibility index (Phi) is 2.29. The smallest absolute Gasteiger partial charge is 0.375 e. The van der Waals surface area contributed by atoms with Crippen molar-refractivity contribution in [3.63, 3.8) is 0 Å². The third-order valence-electron chi connectivity index (χ3n) is 1.91. The summed E-state index contributed by atoms with van der Waals surface area (Å²) < 4.78 is 10.6. The molecule has 0 aliphatic heterocycles. The molecule has 0 bridgehead atoms. The summed E-state index contributed by atoms with van der Waals surface area (Å²) in [7, 11) is 1.32. The maximum absolute atomic E-state index is 11.3. The number of para-hydroxylation sites is 1. The number of halogens is 1. The second-order valence-electron chi connectivity index (χ2n) is 2.73. The van der Waals surface area contributed by atoms with E-state index in [1.165, 1.54) is 7.11 Å². The van der Waals surface area contributed by atoms with Crippen molar-refractivity contribution in [1.82, 2.24) is 0 Å². The number of rotatable bonds is 1. The van der Waals surface area contributed by atoms with Crippen molar-refractivity contribution in [2.45, 2.75) is 0 Å². The van der Waals surface area contributed by atoms with Gasteiger partial charge in [-0.2, -0.15) is 0 Å². The normalized spacial score (nSPS) is 10.4. The van der Waals surface area contributed by atoms with Gasteiger partial charge < -0.3 is 9.15 Å². The fourth-order valence-corrected chi connectivity index (χ4v) is 1.81. The van der Waals surface area contributed by atoms with Gasteiger partial charge in [-0.05, 0) is 28.1 Å². The molecule has 0 fully saturated rings. The van der Waals surface area contributed by atoms with Crippen LogP contribution in [0.5, 0.6) is 0 Å². The van der Waals surface area contributed by atoms with Crippen LogP contribution in [0, 0.1) is 0 Å². The van der Waals surface area contributed by atoms with Crippen LogP contribution in [0.2, 0.25) is 0 Å². The van der Waals surface area contributed by atoms with Gasteiger partial charge in [0.25, 0.3) is 0 Å². The van der Waals surface area contributed by atoms with E-state index in [1.54, 1.807) is 6.07 Å². The van der Waals surface area contributed by atoms with Crippen LogP contribution in [0.3, 0.4) is 0 Å². The second-order valence-corrected chi connectivity index (χ2v) is 3.53. The standard InChI is InChI=1S/C10H7BrO3/c1-13-10(12)9-8(11)6-4-2-3-5-7(6)14-9/h2-5H,1H3. The number of esters is 1. The lowest BCUT2D eigenvalue weighted by Gasteiger charge is -1.92. The van der Waals surface area contributed by atoms with Gasteiger partial charge in [-0.25, -0.2) is 4.79 Å². The zero-order valence-corrected chi connectivity index (χ0v) is 9.00. The van der Waals surface area contributed by atoms with Crippen LogP contribution < -0.4 is 0 Å². The predicted octanol–water partition coefficient (Wildman–Crippen LogP) is 2.98. The number of hydrogen-bond donors (Lipinski definition) is 0. The van der Waals surface area contributed by atoms with Crippen LogP contribution >= 0.6 is 15.9 Å². The van der Waals surface area contributed by atoms with Crippen molar-refractivity contribution in [3.8, 4) is 0 Å². The van der Waals surface area contributed by atoms with E-state index in [4.69, 9.17) is 4.42 Å². The first-order valence-corrected chi connectivity index (χ1v) is 4.78. The van der Waals surface area contributed by atoms with Crippen molar-refractivity contribution >= 4 is 32.9 Å². The summed E-state index contributed by atoms with van der Waals surface area (Å²) in [6, 6.07) is 7.39. The minimum absolute atomic E-state index is 0.203. The van der Waals surface area contributed by atoms with Gasteiger partial charge in [-0.15, -0.1) is 0 Å². The molecule has 0 radical (unpaired) electrons. The van der Waals surface area contributed by atoms with E-state index in [9.17, 15) is 4.79 Å². The largest absolute Gasteiger partial charge is 0.463 e. The molecule has 1 heterocycles. The first-order chi connectivity index (χ1) is 6.74. The summed E-state index contributed by atoms with van der Waals surface area (Å²) in [6.07, 6.45) is 0. The molecule has 3 nitrogen and oxygen atoms in total. The molecule has 0 saturated heterocycles. The molecule has 0 amide bonds. The molecule has 1 aromatic heterocycles. The van der Waals surface area contributed by atoms with E-state index < -0.39 is 5.97 Å². The van der Waals surface area contributed by atoms with Crippen molar-refractivity contribution in [2.75, 3.05) is 7.11 Å². The Morgan fingerprint density at radius 1 is 1.43 bits per heavy atom. The molecule has 0 N–H and O–H groups in total. The molecule has 0 aliphatic carbocycles. The van der Waals surface area contributed by atoms with Gasteiger partial charge in [0.15, 0.2) is 0 Å². The molecule has 14 heavy (non-hydrogen) atoms. The van der Waals surface area contributed by atoms with E-state index in [2.05, 4.69) is 20.7 Å². The zero-order valence-electron chi connectivity index (χ0n) is 7.41. The zero-order chi connectivity index (χ0) is 10.1. The molecule has 0 unspecified atom stereocenters. The lowest BCUT2D eigenvalue weighted by molar-refractivity contribution is 0.0566. The van der Waals surface area contributed by atoms with Gasteiger partial charge in [0.1, 0.15) is 5.58 Å². The molecule has 72 valence electrons. The van der Waals surface area contributed by atoms with Gasteiger partial charge in [-0.3, -0.25) is 0 Å². The van der Waals surface area contributed by atoms with Gasteiger partial charge in [-0.1, -0.05) is 12.1 Å². The Hall–Kier alpha value is -1.29. The third kappa shape index (κ3) is 1.32. The fourth-order valence-electron chi connectivity index (χ4n) is 1.24. The molecule has 0 aliphatic rings. The summed E-state index contributed by atoms with van der Waals surface area (Å²) >= 11 is 3.30. The van der Waals surface area contributed by atoms with Crippen LogP contribution in [-0.4, -0.2) is 13.1 Å². The van der Waals surface area contributed by atoms with E-state index in [0.29, 0.717) is 10.1 Å². The highest BCUT2D eigenvalue weighted by molar-refractivity contribution is 9.10. The molecule has 2 rings (SSSR count). The van der Waals surface area contributed by atoms with Crippen LogP contribution in [-0.2, 0) is 4.74 Å². The van der Waals surface area contributed by atoms with Gasteiger partial charge in [0, 0.05) is 5.39 Å². The monoisotopic (exact) mass is 254 g/mol. The number of carbonyl (C=O) groups is 1. The molecular formula is C10H7BrO3. The molecule has 1 aromatic carbocycles. The second kappa shape index (κ2) is 3.46. The van der Waals surface area contributed by atoms with Gasteiger partial charge >= 0.3 is 5.97 Å².